The molecule has 0 saturated heterocycles. The zero-order valence-corrected chi connectivity index (χ0v) is 8.11. The van der Waals surface area contributed by atoms with Crippen molar-refractivity contribution in [1.29, 1.82) is 0 Å². The molecule has 0 spiro atoms. The summed E-state index contributed by atoms with van der Waals surface area (Å²) in [4.78, 5) is 10.5. The summed E-state index contributed by atoms with van der Waals surface area (Å²) in [7, 11) is 0. The van der Waals surface area contributed by atoms with Crippen LogP contribution in [0.5, 0.6) is 5.75 Å². The second kappa shape index (κ2) is 3.96. The molecular formula is C11H12O3. The molecule has 3 nitrogen and oxygen atoms in total. The number of para-hydroxylation sites is 1. The molecule has 74 valence electrons. The van der Waals surface area contributed by atoms with Crippen LogP contribution in [0.15, 0.2) is 23.8 Å². The lowest BCUT2D eigenvalue weighted by molar-refractivity contribution is -0.132. The van der Waals surface area contributed by atoms with Gasteiger partial charge in [-0.15, -0.1) is 0 Å². The second-order valence-electron chi connectivity index (χ2n) is 3.15. The molecule has 0 fully saturated rings. The number of hydrogen-bond acceptors (Lipinski definition) is 2. The third kappa shape index (κ3) is 2.13. The Balaban J connectivity index is 3.15. The van der Waals surface area contributed by atoms with Gasteiger partial charge in [0.1, 0.15) is 5.75 Å². The maximum Gasteiger partial charge on any atom is 0.331 e. The van der Waals surface area contributed by atoms with Crippen LogP contribution in [0.4, 0.5) is 0 Å². The van der Waals surface area contributed by atoms with E-state index in [1.165, 1.54) is 13.0 Å². The van der Waals surface area contributed by atoms with Gasteiger partial charge in [-0.05, 0) is 25.5 Å². The van der Waals surface area contributed by atoms with E-state index in [-0.39, 0.29) is 11.3 Å². The van der Waals surface area contributed by atoms with Crippen LogP contribution < -0.4 is 0 Å². The predicted octanol–water partition coefficient (Wildman–Crippen LogP) is 2.19. The third-order valence-corrected chi connectivity index (χ3v) is 1.98. The number of phenols is 1. The maximum absolute atomic E-state index is 10.5. The number of phenolic OH excluding ortho intramolecular Hbond substituents is 1. The lowest BCUT2D eigenvalue weighted by atomic mass is 10.1. The van der Waals surface area contributed by atoms with E-state index in [0.717, 1.165) is 5.56 Å². The van der Waals surface area contributed by atoms with Gasteiger partial charge >= 0.3 is 5.97 Å². The molecule has 3 heteroatoms. The van der Waals surface area contributed by atoms with Gasteiger partial charge in [-0.25, -0.2) is 4.79 Å². The number of benzene rings is 1. The Kier molecular flexibility index (Phi) is 2.92. The van der Waals surface area contributed by atoms with Gasteiger partial charge < -0.3 is 10.2 Å². The Hall–Kier alpha value is -1.77. The van der Waals surface area contributed by atoms with Crippen LogP contribution in [0.25, 0.3) is 6.08 Å². The molecule has 2 N–H and O–H groups in total. The summed E-state index contributed by atoms with van der Waals surface area (Å²) < 4.78 is 0. The van der Waals surface area contributed by atoms with E-state index in [1.807, 2.05) is 0 Å². The van der Waals surface area contributed by atoms with Crippen molar-refractivity contribution in [3.8, 4) is 5.75 Å². The minimum atomic E-state index is -0.981. The molecule has 0 radical (unpaired) electrons. The highest BCUT2D eigenvalue weighted by molar-refractivity contribution is 5.91. The number of aromatic hydroxyl groups is 1. The van der Waals surface area contributed by atoms with Crippen molar-refractivity contribution in [2.75, 3.05) is 0 Å². The summed E-state index contributed by atoms with van der Waals surface area (Å²) in [6, 6.07) is 5.22. The normalized spacial score (nSPS) is 11.4. The third-order valence-electron chi connectivity index (χ3n) is 1.98. The Labute approximate surface area is 82.3 Å². The average molecular weight is 192 g/mol. The smallest absolute Gasteiger partial charge is 0.331 e. The SMILES string of the molecule is C/C(=C\c1cccc(C)c1O)C(=O)O. The molecule has 0 amide bonds. The van der Waals surface area contributed by atoms with E-state index >= 15 is 0 Å². The van der Waals surface area contributed by atoms with Crippen molar-refractivity contribution in [1.82, 2.24) is 0 Å². The molecule has 1 aromatic carbocycles. The fourth-order valence-corrected chi connectivity index (χ4v) is 1.09. The van der Waals surface area contributed by atoms with Crippen molar-refractivity contribution < 1.29 is 15.0 Å². The highest BCUT2D eigenvalue weighted by Gasteiger charge is 2.04. The van der Waals surface area contributed by atoms with Gasteiger partial charge in [0.2, 0.25) is 0 Å². The molecule has 0 unspecified atom stereocenters. The lowest BCUT2D eigenvalue weighted by Gasteiger charge is -2.02. The van der Waals surface area contributed by atoms with Gasteiger partial charge in [0.05, 0.1) is 0 Å². The monoisotopic (exact) mass is 192 g/mol. The summed E-state index contributed by atoms with van der Waals surface area (Å²) in [6.07, 6.45) is 1.45. The molecule has 0 aliphatic heterocycles. The lowest BCUT2D eigenvalue weighted by Crippen LogP contribution is -1.95. The average Bonchev–Trinajstić information content (AvgIpc) is 2.12. The van der Waals surface area contributed by atoms with Gasteiger partial charge in [0.15, 0.2) is 0 Å². The number of carboxylic acid groups (broad SMARTS) is 1. The number of carboxylic acids is 1. The van der Waals surface area contributed by atoms with Crippen molar-refractivity contribution in [2.45, 2.75) is 13.8 Å². The molecule has 1 aromatic rings. The van der Waals surface area contributed by atoms with E-state index < -0.39 is 5.97 Å². The number of aryl methyl sites for hydroxylation is 1. The first-order chi connectivity index (χ1) is 6.52. The Morgan fingerprint density at radius 1 is 1.43 bits per heavy atom. The second-order valence-corrected chi connectivity index (χ2v) is 3.15. The molecule has 0 atom stereocenters. The van der Waals surface area contributed by atoms with Crippen LogP contribution in [0.2, 0.25) is 0 Å². The number of rotatable bonds is 2. The molecule has 0 aliphatic carbocycles. The molecule has 0 heterocycles. The van der Waals surface area contributed by atoms with Crippen molar-refractivity contribution in [3.05, 3.63) is 34.9 Å². The zero-order valence-electron chi connectivity index (χ0n) is 8.11. The van der Waals surface area contributed by atoms with Crippen LogP contribution in [-0.4, -0.2) is 16.2 Å². The number of carbonyl (C=O) groups is 1. The van der Waals surface area contributed by atoms with Gasteiger partial charge in [0, 0.05) is 11.1 Å². The number of hydrogen-bond donors (Lipinski definition) is 2. The molecule has 14 heavy (non-hydrogen) atoms. The fraction of sp³-hybridized carbons (Fsp3) is 0.182. The predicted molar refractivity (Wildman–Crippen MR) is 54.1 cm³/mol. The molecule has 0 bridgehead atoms. The summed E-state index contributed by atoms with van der Waals surface area (Å²) in [6.45, 7) is 3.26. The Morgan fingerprint density at radius 3 is 2.64 bits per heavy atom. The van der Waals surface area contributed by atoms with Crippen molar-refractivity contribution >= 4 is 12.0 Å². The van der Waals surface area contributed by atoms with Gasteiger partial charge in [-0.2, -0.15) is 0 Å². The van der Waals surface area contributed by atoms with Crippen LogP contribution >= 0.6 is 0 Å². The minimum absolute atomic E-state index is 0.133. The summed E-state index contributed by atoms with van der Waals surface area (Å²) in [5, 5.41) is 18.2. The van der Waals surface area contributed by atoms with Crippen molar-refractivity contribution in [3.63, 3.8) is 0 Å². The first-order valence-corrected chi connectivity index (χ1v) is 4.22. The topological polar surface area (TPSA) is 57.5 Å². The molecule has 1 rings (SSSR count). The minimum Gasteiger partial charge on any atom is -0.507 e. The van der Waals surface area contributed by atoms with Crippen molar-refractivity contribution in [2.24, 2.45) is 0 Å². The summed E-state index contributed by atoms with van der Waals surface area (Å²) >= 11 is 0. The van der Waals surface area contributed by atoms with Crippen LogP contribution in [-0.2, 0) is 4.79 Å². The first-order valence-electron chi connectivity index (χ1n) is 4.22. The molecule has 0 aliphatic rings. The van der Waals surface area contributed by atoms with E-state index in [1.54, 1.807) is 25.1 Å². The summed E-state index contributed by atoms with van der Waals surface area (Å²) in [5.74, 6) is -0.848. The molecule has 0 aromatic heterocycles. The van der Waals surface area contributed by atoms with E-state index in [4.69, 9.17) is 5.11 Å². The van der Waals surface area contributed by atoms with Crippen LogP contribution in [0.3, 0.4) is 0 Å². The van der Waals surface area contributed by atoms with Gasteiger partial charge in [-0.3, -0.25) is 0 Å². The Morgan fingerprint density at radius 2 is 2.07 bits per heavy atom. The van der Waals surface area contributed by atoms with Crippen LogP contribution in [0, 0.1) is 6.92 Å². The van der Waals surface area contributed by atoms with E-state index in [2.05, 4.69) is 0 Å². The summed E-state index contributed by atoms with van der Waals surface area (Å²) in [5.41, 5.74) is 1.47. The Bertz CT molecular complexity index is 392. The van der Waals surface area contributed by atoms with Gasteiger partial charge in [0.25, 0.3) is 0 Å². The fourth-order valence-electron chi connectivity index (χ4n) is 1.09. The first kappa shape index (κ1) is 10.3. The van der Waals surface area contributed by atoms with E-state index in [9.17, 15) is 9.90 Å². The van der Waals surface area contributed by atoms with Crippen LogP contribution in [0.1, 0.15) is 18.1 Å². The number of aliphatic carboxylic acids is 1. The van der Waals surface area contributed by atoms with E-state index in [0.29, 0.717) is 5.56 Å². The largest absolute Gasteiger partial charge is 0.507 e. The van der Waals surface area contributed by atoms with Gasteiger partial charge in [-0.1, -0.05) is 18.2 Å². The standard InChI is InChI=1S/C11H12O3/c1-7-4-3-5-9(10(7)12)6-8(2)11(13)14/h3-6,12H,1-2H3,(H,13,14)/b8-6+. The maximum atomic E-state index is 10.5. The zero-order chi connectivity index (χ0) is 10.7. The molecular weight excluding hydrogens is 180 g/mol. The highest BCUT2D eigenvalue weighted by atomic mass is 16.4. The molecule has 0 saturated carbocycles. The highest BCUT2D eigenvalue weighted by Crippen LogP contribution is 2.23. The quantitative estimate of drug-likeness (QED) is 0.706.